The minimum Gasteiger partial charge on any atom is -0.370 e. The third-order valence-electron chi connectivity index (χ3n) is 3.07. The van der Waals surface area contributed by atoms with Crippen LogP contribution in [-0.4, -0.2) is 16.5 Å². The van der Waals surface area contributed by atoms with E-state index in [9.17, 15) is 4.39 Å². The Morgan fingerprint density at radius 2 is 2.10 bits per heavy atom. The zero-order valence-electron chi connectivity index (χ0n) is 11.3. The van der Waals surface area contributed by atoms with Gasteiger partial charge >= 0.3 is 0 Å². The van der Waals surface area contributed by atoms with Crippen LogP contribution in [0.4, 0.5) is 10.2 Å². The number of aromatic nitrogens is 2. The van der Waals surface area contributed by atoms with E-state index in [1.54, 1.807) is 17.4 Å². The number of fused-ring (bicyclic) bond motifs is 1. The van der Waals surface area contributed by atoms with Crippen molar-refractivity contribution in [2.45, 2.75) is 13.8 Å². The summed E-state index contributed by atoms with van der Waals surface area (Å²) < 4.78 is 13.4. The lowest BCUT2D eigenvalue weighted by Crippen LogP contribution is -2.03. The number of thiophene rings is 1. The first-order chi connectivity index (χ1) is 9.69. The highest BCUT2D eigenvalue weighted by Gasteiger charge is 2.12. The molecule has 0 aliphatic rings. The molecule has 1 aromatic carbocycles. The number of anilines is 1. The van der Waals surface area contributed by atoms with Crippen LogP contribution >= 0.6 is 11.3 Å². The molecular formula is C15H14FN3S. The van der Waals surface area contributed by atoms with E-state index in [4.69, 9.17) is 0 Å². The summed E-state index contributed by atoms with van der Waals surface area (Å²) in [7, 11) is 0. The summed E-state index contributed by atoms with van der Waals surface area (Å²) in [5.41, 5.74) is 1.76. The van der Waals surface area contributed by atoms with Crippen LogP contribution in [0.25, 0.3) is 21.6 Å². The van der Waals surface area contributed by atoms with Crippen molar-refractivity contribution in [3.05, 3.63) is 41.0 Å². The lowest BCUT2D eigenvalue weighted by Gasteiger charge is -2.09. The van der Waals surface area contributed by atoms with Gasteiger partial charge in [0.15, 0.2) is 5.82 Å². The van der Waals surface area contributed by atoms with E-state index >= 15 is 0 Å². The molecule has 0 radical (unpaired) electrons. The summed E-state index contributed by atoms with van der Waals surface area (Å²) >= 11 is 1.60. The van der Waals surface area contributed by atoms with Gasteiger partial charge in [-0.25, -0.2) is 14.4 Å². The van der Waals surface area contributed by atoms with Gasteiger partial charge in [0, 0.05) is 18.0 Å². The molecule has 20 heavy (non-hydrogen) atoms. The van der Waals surface area contributed by atoms with Gasteiger partial charge in [-0.1, -0.05) is 0 Å². The van der Waals surface area contributed by atoms with Crippen molar-refractivity contribution in [1.29, 1.82) is 0 Å². The molecule has 2 heterocycles. The highest BCUT2D eigenvalue weighted by atomic mass is 32.1. The number of rotatable bonds is 3. The summed E-state index contributed by atoms with van der Waals surface area (Å²) in [5, 5.41) is 6.07. The van der Waals surface area contributed by atoms with Crippen LogP contribution in [0.2, 0.25) is 0 Å². The number of aryl methyl sites for hydroxylation is 1. The molecule has 3 nitrogen and oxygen atoms in total. The molecule has 0 saturated carbocycles. The molecule has 0 aliphatic carbocycles. The Kier molecular flexibility index (Phi) is 3.36. The van der Waals surface area contributed by atoms with Gasteiger partial charge in [-0.05, 0) is 43.0 Å². The largest absolute Gasteiger partial charge is 0.370 e. The number of halogens is 1. The number of hydrogen-bond donors (Lipinski definition) is 1. The van der Waals surface area contributed by atoms with Gasteiger partial charge in [0.25, 0.3) is 0 Å². The van der Waals surface area contributed by atoms with Crippen LogP contribution in [-0.2, 0) is 0 Å². The van der Waals surface area contributed by atoms with Crippen LogP contribution < -0.4 is 5.32 Å². The van der Waals surface area contributed by atoms with Gasteiger partial charge in [0.1, 0.15) is 11.6 Å². The highest BCUT2D eigenvalue weighted by Crippen LogP contribution is 2.30. The van der Waals surface area contributed by atoms with Crippen LogP contribution in [0.15, 0.2) is 29.6 Å². The van der Waals surface area contributed by atoms with Crippen molar-refractivity contribution < 1.29 is 4.39 Å². The van der Waals surface area contributed by atoms with Crippen LogP contribution in [0.3, 0.4) is 0 Å². The summed E-state index contributed by atoms with van der Waals surface area (Å²) in [5.74, 6) is 1.11. The second-order valence-electron chi connectivity index (χ2n) is 4.52. The molecule has 2 aromatic heterocycles. The summed E-state index contributed by atoms with van der Waals surface area (Å²) in [6, 6.07) is 6.63. The number of nitrogens with zero attached hydrogens (tertiary/aromatic N) is 2. The molecule has 0 fully saturated rings. The van der Waals surface area contributed by atoms with E-state index in [1.165, 1.54) is 12.1 Å². The SMILES string of the molecule is CCNc1nc(-c2sccc2C)nc2cc(F)ccc12. The topological polar surface area (TPSA) is 37.8 Å². The third-order valence-corrected chi connectivity index (χ3v) is 4.08. The third kappa shape index (κ3) is 2.25. The summed E-state index contributed by atoms with van der Waals surface area (Å²) in [6.45, 7) is 4.79. The molecule has 3 rings (SSSR count). The van der Waals surface area contributed by atoms with Crippen molar-refractivity contribution >= 4 is 28.1 Å². The molecule has 102 valence electrons. The van der Waals surface area contributed by atoms with Gasteiger partial charge in [0.05, 0.1) is 10.4 Å². The molecule has 5 heteroatoms. The Morgan fingerprint density at radius 1 is 1.25 bits per heavy atom. The fourth-order valence-electron chi connectivity index (χ4n) is 2.11. The number of hydrogen-bond acceptors (Lipinski definition) is 4. The Bertz CT molecular complexity index is 767. The molecule has 1 N–H and O–H groups in total. The molecule has 0 amide bonds. The Morgan fingerprint density at radius 3 is 2.80 bits per heavy atom. The second kappa shape index (κ2) is 5.17. The molecule has 0 atom stereocenters. The van der Waals surface area contributed by atoms with Crippen molar-refractivity contribution in [2.24, 2.45) is 0 Å². The first kappa shape index (κ1) is 13.0. The second-order valence-corrected chi connectivity index (χ2v) is 5.44. The summed E-state index contributed by atoms with van der Waals surface area (Å²) in [6.07, 6.45) is 0. The Hall–Kier alpha value is -2.01. The maximum Gasteiger partial charge on any atom is 0.172 e. The summed E-state index contributed by atoms with van der Waals surface area (Å²) in [4.78, 5) is 10.1. The minimum atomic E-state index is -0.285. The van der Waals surface area contributed by atoms with Crippen LogP contribution in [0.1, 0.15) is 12.5 Å². The van der Waals surface area contributed by atoms with Crippen molar-refractivity contribution in [2.75, 3.05) is 11.9 Å². The number of nitrogens with one attached hydrogen (secondary N) is 1. The fourth-order valence-corrected chi connectivity index (χ4v) is 2.97. The molecule has 0 bridgehead atoms. The molecule has 0 aliphatic heterocycles. The van der Waals surface area contributed by atoms with E-state index < -0.39 is 0 Å². The molecular weight excluding hydrogens is 273 g/mol. The predicted octanol–water partition coefficient (Wildman–Crippen LogP) is 4.24. The lowest BCUT2D eigenvalue weighted by atomic mass is 10.2. The zero-order chi connectivity index (χ0) is 14.1. The van der Waals surface area contributed by atoms with Crippen molar-refractivity contribution in [3.8, 4) is 10.7 Å². The van der Waals surface area contributed by atoms with Gasteiger partial charge in [-0.2, -0.15) is 0 Å². The minimum absolute atomic E-state index is 0.285. The maximum atomic E-state index is 13.4. The monoisotopic (exact) mass is 287 g/mol. The standard InChI is InChI=1S/C15H14FN3S/c1-3-17-14-11-5-4-10(16)8-12(11)18-15(19-14)13-9(2)6-7-20-13/h4-8H,3H2,1-2H3,(H,17,18,19). The molecule has 0 saturated heterocycles. The smallest absolute Gasteiger partial charge is 0.172 e. The number of benzene rings is 1. The van der Waals surface area contributed by atoms with Crippen LogP contribution in [0.5, 0.6) is 0 Å². The predicted molar refractivity (Wildman–Crippen MR) is 81.7 cm³/mol. The van der Waals surface area contributed by atoms with Gasteiger partial charge in [-0.3, -0.25) is 0 Å². The quantitative estimate of drug-likeness (QED) is 0.783. The van der Waals surface area contributed by atoms with Crippen molar-refractivity contribution in [3.63, 3.8) is 0 Å². The van der Waals surface area contributed by atoms with E-state index in [0.717, 1.165) is 28.2 Å². The average Bonchev–Trinajstić information content (AvgIpc) is 2.84. The average molecular weight is 287 g/mol. The van der Waals surface area contributed by atoms with Gasteiger partial charge in [0.2, 0.25) is 0 Å². The van der Waals surface area contributed by atoms with Gasteiger partial charge < -0.3 is 5.32 Å². The molecule has 0 spiro atoms. The van der Waals surface area contributed by atoms with Crippen LogP contribution in [0, 0.1) is 12.7 Å². The Balaban J connectivity index is 2.26. The highest BCUT2D eigenvalue weighted by molar-refractivity contribution is 7.13. The first-order valence-electron chi connectivity index (χ1n) is 6.44. The van der Waals surface area contributed by atoms with E-state index in [1.807, 2.05) is 25.3 Å². The molecule has 0 unspecified atom stereocenters. The maximum absolute atomic E-state index is 13.4. The zero-order valence-corrected chi connectivity index (χ0v) is 12.1. The first-order valence-corrected chi connectivity index (χ1v) is 7.32. The fraction of sp³-hybridized carbons (Fsp3) is 0.200. The lowest BCUT2D eigenvalue weighted by molar-refractivity contribution is 0.629. The van der Waals surface area contributed by atoms with E-state index in [-0.39, 0.29) is 5.82 Å². The van der Waals surface area contributed by atoms with Gasteiger partial charge in [-0.15, -0.1) is 11.3 Å². The Labute approximate surface area is 120 Å². The normalized spacial score (nSPS) is 10.9. The van der Waals surface area contributed by atoms with Crippen molar-refractivity contribution in [1.82, 2.24) is 9.97 Å². The van der Waals surface area contributed by atoms with E-state index in [2.05, 4.69) is 15.3 Å². The molecule has 3 aromatic rings. The van der Waals surface area contributed by atoms with E-state index in [0.29, 0.717) is 11.3 Å².